The number of aliphatic hydroxyl groups is 1. The number of unbranched alkanes of at least 4 members (excludes halogenated alkanes) is 6. The molecule has 0 spiro atoms. The number of hydrogen-bond acceptors (Lipinski definition) is 3. The summed E-state index contributed by atoms with van der Waals surface area (Å²) in [6, 6.07) is 0. The predicted molar refractivity (Wildman–Crippen MR) is 92.8 cm³/mol. The Labute approximate surface area is 134 Å². The van der Waals surface area contributed by atoms with E-state index in [4.69, 9.17) is 5.21 Å². The second-order valence-corrected chi connectivity index (χ2v) is 7.02. The molecule has 0 amide bonds. The summed E-state index contributed by atoms with van der Waals surface area (Å²) in [6.45, 7) is 6.84. The van der Waals surface area contributed by atoms with Gasteiger partial charge in [-0.2, -0.15) is 0 Å². The van der Waals surface area contributed by atoms with E-state index in [2.05, 4.69) is 12.4 Å². The Morgan fingerprint density at radius 1 is 0.952 bits per heavy atom. The van der Waals surface area contributed by atoms with Gasteiger partial charge in [0.15, 0.2) is 0 Å². The Bertz CT molecular complexity index is 206. The van der Waals surface area contributed by atoms with Gasteiger partial charge < -0.3 is 10.3 Å². The van der Waals surface area contributed by atoms with Crippen LogP contribution < -0.4 is 5.48 Å². The van der Waals surface area contributed by atoms with Gasteiger partial charge in [-0.1, -0.05) is 64.7 Å². The fourth-order valence-electron chi connectivity index (χ4n) is 2.97. The van der Waals surface area contributed by atoms with Crippen LogP contribution in [-0.2, 0) is 0 Å². The summed E-state index contributed by atoms with van der Waals surface area (Å²) in [5.41, 5.74) is 1.74. The summed E-state index contributed by atoms with van der Waals surface area (Å²) >= 11 is 0. The van der Waals surface area contributed by atoms with Gasteiger partial charge in [-0.3, -0.25) is 0 Å². The van der Waals surface area contributed by atoms with Crippen molar-refractivity contribution in [2.45, 2.75) is 103 Å². The normalized spacial score (nSPS) is 16.4. The van der Waals surface area contributed by atoms with E-state index in [0.29, 0.717) is 5.92 Å². The van der Waals surface area contributed by atoms with E-state index in [1.54, 1.807) is 0 Å². The maximum Gasteiger partial charge on any atom is 0.0619 e. The van der Waals surface area contributed by atoms with Crippen LogP contribution in [-0.4, -0.2) is 22.5 Å². The third kappa shape index (κ3) is 13.3. The first-order chi connectivity index (χ1) is 10.0. The van der Waals surface area contributed by atoms with Crippen LogP contribution in [0.1, 0.15) is 99.2 Å². The van der Waals surface area contributed by atoms with Crippen LogP contribution in [0.3, 0.4) is 0 Å². The molecule has 0 radical (unpaired) electrons. The molecule has 1 aliphatic carbocycles. The van der Waals surface area contributed by atoms with Gasteiger partial charge in [0.2, 0.25) is 0 Å². The largest absolute Gasteiger partial charge is 0.390 e. The minimum atomic E-state index is -0.430. The van der Waals surface area contributed by atoms with Crippen LogP contribution in [0.5, 0.6) is 0 Å². The van der Waals surface area contributed by atoms with E-state index in [1.807, 2.05) is 13.8 Å². The highest BCUT2D eigenvalue weighted by Gasteiger charge is 2.27. The molecule has 130 valence electrons. The molecule has 1 saturated carbocycles. The maximum absolute atomic E-state index is 9.64. The van der Waals surface area contributed by atoms with E-state index < -0.39 is 5.60 Å². The monoisotopic (exact) mass is 303 g/mol. The summed E-state index contributed by atoms with van der Waals surface area (Å²) in [6.07, 6.45) is 15.5. The van der Waals surface area contributed by atoms with Crippen LogP contribution in [0, 0.1) is 5.92 Å². The molecule has 0 bridgehead atoms. The van der Waals surface area contributed by atoms with Crippen molar-refractivity contribution < 1.29 is 11.7 Å². The van der Waals surface area contributed by atoms with Gasteiger partial charge in [-0.25, -0.2) is 5.48 Å². The molecule has 0 aromatic carbocycles. The lowest BCUT2D eigenvalue weighted by Gasteiger charge is -2.32. The Balaban J connectivity index is 0. The molecule has 1 fully saturated rings. The first-order valence-electron chi connectivity index (χ1n) is 9.11. The Morgan fingerprint density at radius 2 is 1.48 bits per heavy atom. The topological polar surface area (TPSA) is 52.5 Å². The lowest BCUT2D eigenvalue weighted by molar-refractivity contribution is 0.000834. The minimum Gasteiger partial charge on any atom is -0.390 e. The smallest absolute Gasteiger partial charge is 0.0619 e. The summed E-state index contributed by atoms with van der Waals surface area (Å²) in [7, 11) is 0. The van der Waals surface area contributed by atoms with Crippen molar-refractivity contribution in [3.05, 3.63) is 0 Å². The van der Waals surface area contributed by atoms with Crippen LogP contribution in [0.4, 0.5) is 0 Å². The Hall–Kier alpha value is -0.120. The molecule has 1 rings (SSSR count). The second-order valence-electron chi connectivity index (χ2n) is 7.02. The Kier molecular flexibility index (Phi) is 13.5. The molecule has 0 heterocycles. The molecular formula is C18H41NO2. The molecule has 3 N–H and O–H groups in total. The van der Waals surface area contributed by atoms with E-state index in [0.717, 1.165) is 13.0 Å². The van der Waals surface area contributed by atoms with Gasteiger partial charge in [0.05, 0.1) is 5.60 Å². The first kappa shape index (κ1) is 20.9. The van der Waals surface area contributed by atoms with Crippen molar-refractivity contribution in [1.82, 2.24) is 5.48 Å². The molecule has 0 aliphatic heterocycles. The average molecular weight is 304 g/mol. The quantitative estimate of drug-likeness (QED) is 0.400. The maximum atomic E-state index is 9.64. The zero-order valence-electron chi connectivity index (χ0n) is 14.7. The third-order valence-electron chi connectivity index (χ3n) is 4.50. The van der Waals surface area contributed by atoms with Crippen molar-refractivity contribution in [3.8, 4) is 0 Å². The Morgan fingerprint density at radius 3 is 1.90 bits per heavy atom. The fraction of sp³-hybridized carbons (Fsp3) is 1.00. The van der Waals surface area contributed by atoms with Crippen molar-refractivity contribution in [3.63, 3.8) is 0 Å². The molecular weight excluding hydrogens is 262 g/mol. The third-order valence-corrected chi connectivity index (χ3v) is 4.50. The van der Waals surface area contributed by atoms with Crippen LogP contribution in [0.25, 0.3) is 0 Å². The zero-order chi connectivity index (χ0) is 16.0. The second kappa shape index (κ2) is 13.5. The van der Waals surface area contributed by atoms with Gasteiger partial charge >= 0.3 is 0 Å². The summed E-state index contributed by atoms with van der Waals surface area (Å²) in [4.78, 5) is 0. The van der Waals surface area contributed by atoms with Gasteiger partial charge in [0.25, 0.3) is 0 Å². The van der Waals surface area contributed by atoms with E-state index >= 15 is 0 Å². The van der Waals surface area contributed by atoms with Crippen LogP contribution in [0.15, 0.2) is 0 Å². The molecule has 21 heavy (non-hydrogen) atoms. The highest BCUT2D eigenvalue weighted by Crippen LogP contribution is 2.31. The lowest BCUT2D eigenvalue weighted by Crippen LogP contribution is -2.32. The fourth-order valence-corrected chi connectivity index (χ4v) is 2.97. The molecule has 0 unspecified atom stereocenters. The molecule has 0 saturated heterocycles. The predicted octanol–water partition coefficient (Wildman–Crippen LogP) is 5.30. The highest BCUT2D eigenvalue weighted by atomic mass is 16.5. The number of hydrogen-bond donors (Lipinski definition) is 3. The van der Waals surface area contributed by atoms with Crippen molar-refractivity contribution in [1.29, 1.82) is 0 Å². The van der Waals surface area contributed by atoms with E-state index in [9.17, 15) is 5.11 Å². The number of rotatable bonds is 9. The standard InChI is InChI=1S/C9H21NO.C9H18O.H2/c1-2-3-4-5-6-7-8-9-10-11;1-9(2,10)8-6-4-3-5-7-8;/h10-11H,2-9H2,1H3;8,10H,3-7H2,1-2H3;1H. The molecule has 0 atom stereocenters. The van der Waals surface area contributed by atoms with E-state index in [1.165, 1.54) is 70.6 Å². The van der Waals surface area contributed by atoms with Gasteiger partial charge in [-0.05, 0) is 39.0 Å². The molecule has 0 aromatic rings. The average Bonchev–Trinajstić information content (AvgIpc) is 2.47. The van der Waals surface area contributed by atoms with Gasteiger partial charge in [-0.15, -0.1) is 0 Å². The van der Waals surface area contributed by atoms with Gasteiger partial charge in [0.1, 0.15) is 0 Å². The highest BCUT2D eigenvalue weighted by molar-refractivity contribution is 4.79. The first-order valence-corrected chi connectivity index (χ1v) is 9.11. The molecule has 1 aliphatic rings. The van der Waals surface area contributed by atoms with Gasteiger partial charge in [0, 0.05) is 7.97 Å². The van der Waals surface area contributed by atoms with Crippen molar-refractivity contribution >= 4 is 0 Å². The SMILES string of the molecule is CC(C)(O)C1CCCCC1.CCCCCCCCCNO.[HH]. The van der Waals surface area contributed by atoms with Crippen LogP contribution in [0.2, 0.25) is 0 Å². The molecule has 3 nitrogen and oxygen atoms in total. The van der Waals surface area contributed by atoms with Crippen LogP contribution >= 0.6 is 0 Å². The number of hydroxylamine groups is 1. The van der Waals surface area contributed by atoms with E-state index in [-0.39, 0.29) is 1.43 Å². The zero-order valence-corrected chi connectivity index (χ0v) is 14.7. The summed E-state index contributed by atoms with van der Waals surface area (Å²) in [5.74, 6) is 0.557. The summed E-state index contributed by atoms with van der Waals surface area (Å²) in [5, 5.41) is 17.9. The van der Waals surface area contributed by atoms with Crippen molar-refractivity contribution in [2.75, 3.05) is 6.54 Å². The molecule has 0 aromatic heterocycles. The molecule has 3 heteroatoms. The minimum absolute atomic E-state index is 0. The van der Waals surface area contributed by atoms with Crippen molar-refractivity contribution in [2.24, 2.45) is 5.92 Å². The summed E-state index contributed by atoms with van der Waals surface area (Å²) < 4.78 is 0. The lowest BCUT2D eigenvalue weighted by atomic mass is 9.79. The number of nitrogens with one attached hydrogen (secondary N) is 1.